The molecule has 0 saturated heterocycles. The van der Waals surface area contributed by atoms with Crippen molar-refractivity contribution in [2.45, 2.75) is 59.8 Å². The van der Waals surface area contributed by atoms with Gasteiger partial charge in [-0.3, -0.25) is 0 Å². The number of rotatable bonds is 4. The van der Waals surface area contributed by atoms with Crippen molar-refractivity contribution in [3.63, 3.8) is 0 Å². The Morgan fingerprint density at radius 1 is 0.392 bits per heavy atom. The number of hydrogen-bond donors (Lipinski definition) is 0. The Labute approximate surface area is 303 Å². The minimum atomic E-state index is -0.164. The number of benzene rings is 8. The van der Waals surface area contributed by atoms with Gasteiger partial charge in [0.15, 0.2) is 0 Å². The highest BCUT2D eigenvalue weighted by Crippen LogP contribution is 2.56. The highest BCUT2D eigenvalue weighted by molar-refractivity contribution is 6.22. The molecule has 0 heterocycles. The quantitative estimate of drug-likeness (QED) is 0.165. The lowest BCUT2D eigenvalue weighted by Crippen LogP contribution is -2.17. The Bertz CT molecular complexity index is 2540. The van der Waals surface area contributed by atoms with Gasteiger partial charge >= 0.3 is 0 Å². The van der Waals surface area contributed by atoms with Crippen molar-refractivity contribution in [1.82, 2.24) is 0 Å². The second-order valence-electron chi connectivity index (χ2n) is 14.7. The predicted molar refractivity (Wildman–Crippen MR) is 223 cm³/mol. The van der Waals surface area contributed by atoms with Gasteiger partial charge in [-0.2, -0.15) is 0 Å². The van der Waals surface area contributed by atoms with E-state index in [9.17, 15) is 0 Å². The topological polar surface area (TPSA) is 0 Å². The summed E-state index contributed by atoms with van der Waals surface area (Å²) in [6.45, 7) is 13.6. The molecule has 0 nitrogen and oxygen atoms in total. The van der Waals surface area contributed by atoms with Crippen LogP contribution in [-0.4, -0.2) is 0 Å². The summed E-state index contributed by atoms with van der Waals surface area (Å²) < 4.78 is 0. The second kappa shape index (κ2) is 13.0. The average Bonchev–Trinajstić information content (AvgIpc) is 3.41. The standard InChI is InChI=1S/C47H36.C4H10/c1-29-14-5-7-16-33(29)42-28-32(25-24-30(42)2)43-35-18-9-11-20-37(35)44(38-21-12-10-19-36(38)43)41-23-13-22-39-40-27-26-31-15-6-8-17-34(31)45(40)47(3,4)46(39)41;1-3-4-2/h5-28H,1-4H3;3-4H2,1-2H3. The minimum absolute atomic E-state index is 0.164. The summed E-state index contributed by atoms with van der Waals surface area (Å²) in [5.74, 6) is 0. The van der Waals surface area contributed by atoms with Crippen LogP contribution in [0.1, 0.15) is 62.8 Å². The molecule has 0 saturated carbocycles. The van der Waals surface area contributed by atoms with Crippen LogP contribution in [0.25, 0.3) is 76.8 Å². The van der Waals surface area contributed by atoms with E-state index in [1.54, 1.807) is 0 Å². The van der Waals surface area contributed by atoms with Crippen LogP contribution in [0.5, 0.6) is 0 Å². The molecule has 0 heteroatoms. The fourth-order valence-corrected chi connectivity index (χ4v) is 8.63. The maximum Gasteiger partial charge on any atom is 0.0171 e. The van der Waals surface area contributed by atoms with E-state index < -0.39 is 0 Å². The van der Waals surface area contributed by atoms with Gasteiger partial charge in [-0.1, -0.05) is 180 Å². The predicted octanol–water partition coefficient (Wildman–Crippen LogP) is 14.9. The van der Waals surface area contributed by atoms with Crippen LogP contribution in [0.15, 0.2) is 146 Å². The van der Waals surface area contributed by atoms with Gasteiger partial charge in [-0.05, 0) is 119 Å². The van der Waals surface area contributed by atoms with Gasteiger partial charge < -0.3 is 0 Å². The van der Waals surface area contributed by atoms with Crippen LogP contribution in [0.2, 0.25) is 0 Å². The summed E-state index contributed by atoms with van der Waals surface area (Å²) in [4.78, 5) is 0. The highest BCUT2D eigenvalue weighted by atomic mass is 14.4. The van der Waals surface area contributed by atoms with Gasteiger partial charge in [0.25, 0.3) is 0 Å². The number of hydrogen-bond acceptors (Lipinski definition) is 0. The smallest absolute Gasteiger partial charge is 0.0171 e. The molecule has 0 atom stereocenters. The van der Waals surface area contributed by atoms with Crippen LogP contribution in [0, 0.1) is 13.8 Å². The molecule has 8 aromatic rings. The van der Waals surface area contributed by atoms with Crippen LogP contribution < -0.4 is 0 Å². The first-order valence-corrected chi connectivity index (χ1v) is 18.6. The van der Waals surface area contributed by atoms with E-state index in [-0.39, 0.29) is 5.41 Å². The van der Waals surface area contributed by atoms with E-state index in [0.29, 0.717) is 0 Å². The first-order valence-electron chi connectivity index (χ1n) is 18.6. The van der Waals surface area contributed by atoms with Crippen LogP contribution >= 0.6 is 0 Å². The number of aryl methyl sites for hydroxylation is 2. The van der Waals surface area contributed by atoms with E-state index >= 15 is 0 Å². The van der Waals surface area contributed by atoms with Gasteiger partial charge in [-0.15, -0.1) is 0 Å². The fourth-order valence-electron chi connectivity index (χ4n) is 8.63. The molecule has 0 radical (unpaired) electrons. The van der Waals surface area contributed by atoms with Crippen molar-refractivity contribution in [3.05, 3.63) is 168 Å². The van der Waals surface area contributed by atoms with Crippen LogP contribution in [0.3, 0.4) is 0 Å². The van der Waals surface area contributed by atoms with Crippen LogP contribution in [0.4, 0.5) is 0 Å². The van der Waals surface area contributed by atoms with Crippen LogP contribution in [-0.2, 0) is 5.41 Å². The highest BCUT2D eigenvalue weighted by Gasteiger charge is 2.39. The van der Waals surface area contributed by atoms with Crippen molar-refractivity contribution in [2.75, 3.05) is 0 Å². The Hall–Kier alpha value is -5.46. The van der Waals surface area contributed by atoms with Crippen molar-refractivity contribution < 1.29 is 0 Å². The monoisotopic (exact) mass is 658 g/mol. The molecule has 51 heavy (non-hydrogen) atoms. The number of unbranched alkanes of at least 4 members (excludes halogenated alkanes) is 1. The van der Waals surface area contributed by atoms with E-state index in [1.165, 1.54) is 112 Å². The van der Waals surface area contributed by atoms with Gasteiger partial charge in [0.1, 0.15) is 0 Å². The molecular weight excluding hydrogens is 613 g/mol. The molecule has 0 bridgehead atoms. The lowest BCUT2D eigenvalue weighted by atomic mass is 9.75. The van der Waals surface area contributed by atoms with E-state index in [4.69, 9.17) is 0 Å². The summed E-state index contributed by atoms with van der Waals surface area (Å²) in [6, 6.07) is 54.3. The maximum atomic E-state index is 2.42. The van der Waals surface area contributed by atoms with Crippen molar-refractivity contribution in [3.8, 4) is 44.5 Å². The fraction of sp³-hybridized carbons (Fsp3) is 0.176. The second-order valence-corrected chi connectivity index (χ2v) is 14.7. The summed E-state index contributed by atoms with van der Waals surface area (Å²) in [7, 11) is 0. The zero-order chi connectivity index (χ0) is 35.3. The average molecular weight is 659 g/mol. The first kappa shape index (κ1) is 32.7. The minimum Gasteiger partial charge on any atom is -0.0654 e. The molecule has 0 unspecified atom stereocenters. The van der Waals surface area contributed by atoms with Crippen molar-refractivity contribution in [2.24, 2.45) is 0 Å². The Morgan fingerprint density at radius 2 is 0.902 bits per heavy atom. The third-order valence-corrected chi connectivity index (χ3v) is 11.2. The molecule has 0 spiro atoms. The van der Waals surface area contributed by atoms with Crippen molar-refractivity contribution >= 4 is 32.3 Å². The number of fused-ring (bicyclic) bond motifs is 7. The van der Waals surface area contributed by atoms with Gasteiger partial charge in [0, 0.05) is 5.41 Å². The summed E-state index contributed by atoms with van der Waals surface area (Å²) >= 11 is 0. The van der Waals surface area contributed by atoms with E-state index in [2.05, 4.69) is 187 Å². The summed E-state index contributed by atoms with van der Waals surface area (Å²) in [5.41, 5.74) is 15.8. The Morgan fingerprint density at radius 3 is 1.55 bits per heavy atom. The largest absolute Gasteiger partial charge is 0.0654 e. The van der Waals surface area contributed by atoms with Gasteiger partial charge in [0.05, 0.1) is 0 Å². The maximum absolute atomic E-state index is 2.42. The lowest BCUT2D eigenvalue weighted by Gasteiger charge is -2.27. The van der Waals surface area contributed by atoms with Crippen molar-refractivity contribution in [1.29, 1.82) is 0 Å². The molecular formula is C51H46. The molecule has 0 amide bonds. The molecule has 1 aliphatic carbocycles. The third-order valence-electron chi connectivity index (χ3n) is 11.2. The molecule has 250 valence electrons. The molecule has 0 N–H and O–H groups in total. The SMILES string of the molecule is CCCC.Cc1ccccc1-c1cc(-c2c3ccccc3c(-c3cccc4c3C(C)(C)c3c-4ccc4ccccc34)c3ccccc23)ccc1C. The Kier molecular flexibility index (Phi) is 8.35. The lowest BCUT2D eigenvalue weighted by molar-refractivity contribution is 0.668. The third kappa shape index (κ3) is 5.28. The summed E-state index contributed by atoms with van der Waals surface area (Å²) in [5, 5.41) is 7.82. The molecule has 0 aromatic heterocycles. The molecule has 0 aliphatic heterocycles. The molecule has 8 aromatic carbocycles. The zero-order valence-corrected chi connectivity index (χ0v) is 30.8. The van der Waals surface area contributed by atoms with Gasteiger partial charge in [-0.25, -0.2) is 0 Å². The summed E-state index contributed by atoms with van der Waals surface area (Å²) in [6.07, 6.45) is 2.64. The van der Waals surface area contributed by atoms with E-state index in [1.807, 2.05) is 0 Å². The first-order chi connectivity index (χ1) is 24.8. The Balaban J connectivity index is 0.000000890. The van der Waals surface area contributed by atoms with E-state index in [0.717, 1.165) is 0 Å². The van der Waals surface area contributed by atoms with Gasteiger partial charge in [0.2, 0.25) is 0 Å². The normalized spacial score (nSPS) is 12.8. The molecule has 0 fully saturated rings. The molecule has 9 rings (SSSR count). The zero-order valence-electron chi connectivity index (χ0n) is 30.8. The molecule has 1 aliphatic rings.